The van der Waals surface area contributed by atoms with Crippen LogP contribution in [0.4, 0.5) is 0 Å². The highest BCUT2D eigenvalue weighted by Crippen LogP contribution is 2.26. The molecule has 0 fully saturated rings. The zero-order valence-corrected chi connectivity index (χ0v) is 14.0. The maximum absolute atomic E-state index is 12.0. The molecule has 1 N–H and O–H groups in total. The SMILES string of the molecule is CCCCCCC(C)NS(=O)(=O)c1ccc(Br)s1. The summed E-state index contributed by atoms with van der Waals surface area (Å²) in [5, 5.41) is 0. The molecular formula is C12H20BrNO2S2. The van der Waals surface area contributed by atoms with E-state index in [1.807, 2.05) is 6.92 Å². The zero-order chi connectivity index (χ0) is 13.6. The fourth-order valence-corrected chi connectivity index (χ4v) is 5.01. The number of nitrogens with one attached hydrogen (secondary N) is 1. The third-order valence-electron chi connectivity index (χ3n) is 2.66. The molecule has 1 atom stereocenters. The molecule has 1 rings (SSSR count). The number of hydrogen-bond donors (Lipinski definition) is 1. The molecule has 0 spiro atoms. The molecule has 0 aliphatic heterocycles. The number of thiophene rings is 1. The second-order valence-corrected chi connectivity index (χ2v) is 8.83. The molecule has 18 heavy (non-hydrogen) atoms. The Labute approximate surface area is 122 Å². The predicted octanol–water partition coefficient (Wildman–Crippen LogP) is 4.15. The average molecular weight is 354 g/mol. The van der Waals surface area contributed by atoms with E-state index in [1.165, 1.54) is 30.6 Å². The molecular weight excluding hydrogens is 334 g/mol. The van der Waals surface area contributed by atoms with Gasteiger partial charge in [0.05, 0.1) is 3.79 Å². The summed E-state index contributed by atoms with van der Waals surface area (Å²) in [5.41, 5.74) is 0. The Kier molecular flexibility index (Phi) is 6.84. The van der Waals surface area contributed by atoms with Gasteiger partial charge in [0.1, 0.15) is 4.21 Å². The van der Waals surface area contributed by atoms with Crippen LogP contribution in [0.25, 0.3) is 0 Å². The van der Waals surface area contributed by atoms with Crippen LogP contribution in [0.3, 0.4) is 0 Å². The minimum Gasteiger partial charge on any atom is -0.208 e. The highest BCUT2D eigenvalue weighted by Gasteiger charge is 2.18. The number of hydrogen-bond acceptors (Lipinski definition) is 3. The molecule has 0 aliphatic carbocycles. The van der Waals surface area contributed by atoms with Crippen molar-refractivity contribution in [2.75, 3.05) is 0 Å². The van der Waals surface area contributed by atoms with E-state index in [2.05, 4.69) is 27.6 Å². The van der Waals surface area contributed by atoms with E-state index in [9.17, 15) is 8.42 Å². The normalized spacial score (nSPS) is 13.7. The Morgan fingerprint density at radius 1 is 1.33 bits per heavy atom. The van der Waals surface area contributed by atoms with Gasteiger partial charge in [-0.3, -0.25) is 0 Å². The van der Waals surface area contributed by atoms with E-state index in [0.717, 1.165) is 16.6 Å². The van der Waals surface area contributed by atoms with Crippen molar-refractivity contribution in [1.82, 2.24) is 4.72 Å². The number of unbranched alkanes of at least 4 members (excludes halogenated alkanes) is 3. The molecule has 1 heterocycles. The standard InChI is InChI=1S/C12H20BrNO2S2/c1-3-4-5-6-7-10(2)14-18(15,16)12-9-8-11(13)17-12/h8-10,14H,3-7H2,1-2H3. The second-order valence-electron chi connectivity index (χ2n) is 4.43. The van der Waals surface area contributed by atoms with Gasteiger partial charge >= 0.3 is 0 Å². The van der Waals surface area contributed by atoms with Gasteiger partial charge in [0.25, 0.3) is 0 Å². The van der Waals surface area contributed by atoms with Crippen LogP contribution in [0, 0.1) is 0 Å². The lowest BCUT2D eigenvalue weighted by molar-refractivity contribution is 0.523. The molecule has 0 aliphatic rings. The molecule has 1 aromatic rings. The van der Waals surface area contributed by atoms with Gasteiger partial charge in [0.15, 0.2) is 0 Å². The monoisotopic (exact) mass is 353 g/mol. The first-order chi connectivity index (χ1) is 8.45. The van der Waals surface area contributed by atoms with E-state index in [4.69, 9.17) is 0 Å². The van der Waals surface area contributed by atoms with E-state index in [0.29, 0.717) is 4.21 Å². The first-order valence-electron chi connectivity index (χ1n) is 6.23. The molecule has 3 nitrogen and oxygen atoms in total. The van der Waals surface area contributed by atoms with E-state index < -0.39 is 10.0 Å². The summed E-state index contributed by atoms with van der Waals surface area (Å²) in [6.45, 7) is 4.09. The van der Waals surface area contributed by atoms with Crippen LogP contribution in [0.5, 0.6) is 0 Å². The molecule has 0 aromatic carbocycles. The van der Waals surface area contributed by atoms with Crippen molar-refractivity contribution in [2.45, 2.75) is 56.2 Å². The van der Waals surface area contributed by atoms with Crippen LogP contribution < -0.4 is 4.72 Å². The molecule has 0 bridgehead atoms. The van der Waals surface area contributed by atoms with Crippen molar-refractivity contribution in [3.63, 3.8) is 0 Å². The molecule has 1 unspecified atom stereocenters. The number of sulfonamides is 1. The third-order valence-corrected chi connectivity index (χ3v) is 6.37. The summed E-state index contributed by atoms with van der Waals surface area (Å²) >= 11 is 4.51. The topological polar surface area (TPSA) is 46.2 Å². The summed E-state index contributed by atoms with van der Waals surface area (Å²) < 4.78 is 28.0. The Hall–Kier alpha value is 0.0900. The third kappa shape index (κ3) is 5.38. The van der Waals surface area contributed by atoms with Gasteiger partial charge in [-0.1, -0.05) is 32.6 Å². The van der Waals surface area contributed by atoms with Crippen molar-refractivity contribution in [1.29, 1.82) is 0 Å². The lowest BCUT2D eigenvalue weighted by Crippen LogP contribution is -2.32. The minimum atomic E-state index is -3.34. The van der Waals surface area contributed by atoms with Crippen LogP contribution >= 0.6 is 27.3 Å². The van der Waals surface area contributed by atoms with Gasteiger partial charge in [0, 0.05) is 6.04 Å². The highest BCUT2D eigenvalue weighted by atomic mass is 79.9. The quantitative estimate of drug-likeness (QED) is 0.713. The first kappa shape index (κ1) is 16.1. The number of halogens is 1. The van der Waals surface area contributed by atoms with Gasteiger partial charge in [-0.05, 0) is 41.4 Å². The molecule has 0 saturated carbocycles. The predicted molar refractivity (Wildman–Crippen MR) is 80.6 cm³/mol. The van der Waals surface area contributed by atoms with Crippen molar-refractivity contribution < 1.29 is 8.42 Å². The van der Waals surface area contributed by atoms with E-state index in [1.54, 1.807) is 12.1 Å². The Morgan fingerprint density at radius 3 is 2.61 bits per heavy atom. The van der Waals surface area contributed by atoms with Crippen LogP contribution in [0.1, 0.15) is 46.0 Å². The Bertz CT molecular complexity index is 456. The molecule has 0 radical (unpaired) electrons. The van der Waals surface area contributed by atoms with Crippen LogP contribution in [0.15, 0.2) is 20.1 Å². The largest absolute Gasteiger partial charge is 0.250 e. The fraction of sp³-hybridized carbons (Fsp3) is 0.667. The molecule has 0 saturated heterocycles. The second kappa shape index (κ2) is 7.62. The van der Waals surface area contributed by atoms with Crippen molar-refractivity contribution in [3.8, 4) is 0 Å². The fourth-order valence-electron chi connectivity index (χ4n) is 1.70. The smallest absolute Gasteiger partial charge is 0.208 e. The highest BCUT2D eigenvalue weighted by molar-refractivity contribution is 9.11. The van der Waals surface area contributed by atoms with E-state index >= 15 is 0 Å². The summed E-state index contributed by atoms with van der Waals surface area (Å²) in [5.74, 6) is 0. The van der Waals surface area contributed by atoms with Gasteiger partial charge < -0.3 is 0 Å². The number of rotatable bonds is 8. The molecule has 0 amide bonds. The molecule has 1 aromatic heterocycles. The lowest BCUT2D eigenvalue weighted by Gasteiger charge is -2.12. The van der Waals surface area contributed by atoms with Crippen LogP contribution in [0.2, 0.25) is 0 Å². The Morgan fingerprint density at radius 2 is 2.06 bits per heavy atom. The summed E-state index contributed by atoms with van der Waals surface area (Å²) in [6, 6.07) is 3.37. The van der Waals surface area contributed by atoms with E-state index in [-0.39, 0.29) is 6.04 Å². The lowest BCUT2D eigenvalue weighted by atomic mass is 10.1. The van der Waals surface area contributed by atoms with Gasteiger partial charge in [0.2, 0.25) is 10.0 Å². The maximum atomic E-state index is 12.0. The van der Waals surface area contributed by atoms with Crippen molar-refractivity contribution >= 4 is 37.3 Å². The molecule has 104 valence electrons. The van der Waals surface area contributed by atoms with Gasteiger partial charge in [-0.25, -0.2) is 13.1 Å². The Balaban J connectivity index is 2.45. The zero-order valence-electron chi connectivity index (χ0n) is 10.8. The van der Waals surface area contributed by atoms with Crippen molar-refractivity contribution in [2.24, 2.45) is 0 Å². The summed E-state index contributed by atoms with van der Waals surface area (Å²) in [7, 11) is -3.34. The summed E-state index contributed by atoms with van der Waals surface area (Å²) in [6.07, 6.45) is 5.56. The maximum Gasteiger partial charge on any atom is 0.250 e. The van der Waals surface area contributed by atoms with Gasteiger partial charge in [-0.2, -0.15) is 0 Å². The minimum absolute atomic E-state index is 0.00673. The van der Waals surface area contributed by atoms with Crippen molar-refractivity contribution in [3.05, 3.63) is 15.9 Å². The first-order valence-corrected chi connectivity index (χ1v) is 9.32. The summed E-state index contributed by atoms with van der Waals surface area (Å²) in [4.78, 5) is 0. The average Bonchev–Trinajstić information content (AvgIpc) is 2.71. The van der Waals surface area contributed by atoms with Gasteiger partial charge in [-0.15, -0.1) is 11.3 Å². The molecule has 6 heteroatoms. The van der Waals surface area contributed by atoms with Crippen LogP contribution in [-0.4, -0.2) is 14.5 Å². The van der Waals surface area contributed by atoms with Crippen LogP contribution in [-0.2, 0) is 10.0 Å².